The normalized spacial score (nSPS) is 51.4. The number of carbonyl (C=O) groups excluding carboxylic acids is 1. The summed E-state index contributed by atoms with van der Waals surface area (Å²) >= 11 is 0. The van der Waals surface area contributed by atoms with Crippen molar-refractivity contribution < 1.29 is 14.7 Å². The molecule has 0 bridgehead atoms. The van der Waals surface area contributed by atoms with Crippen LogP contribution in [-0.4, -0.2) is 23.0 Å². The van der Waals surface area contributed by atoms with Gasteiger partial charge < -0.3 is 10.4 Å². The summed E-state index contributed by atoms with van der Waals surface area (Å²) in [4.78, 5) is 23.4. The monoisotopic (exact) mass is 317 g/mol. The van der Waals surface area contributed by atoms with E-state index in [-0.39, 0.29) is 28.7 Å². The molecule has 1 heterocycles. The van der Waals surface area contributed by atoms with Crippen LogP contribution in [0, 0.1) is 34.5 Å². The fourth-order valence-electron chi connectivity index (χ4n) is 6.74. The van der Waals surface area contributed by atoms with E-state index < -0.39 is 5.97 Å². The molecule has 1 amide bonds. The lowest BCUT2D eigenvalue weighted by molar-refractivity contribution is -0.150. The van der Waals surface area contributed by atoms with Crippen LogP contribution in [0.15, 0.2) is 12.2 Å². The molecule has 126 valence electrons. The van der Waals surface area contributed by atoms with Crippen molar-refractivity contribution in [3.63, 3.8) is 0 Å². The van der Waals surface area contributed by atoms with Gasteiger partial charge in [-0.2, -0.15) is 0 Å². The van der Waals surface area contributed by atoms with Gasteiger partial charge in [0.15, 0.2) is 0 Å². The van der Waals surface area contributed by atoms with Gasteiger partial charge in [-0.3, -0.25) is 9.59 Å². The lowest BCUT2D eigenvalue weighted by atomic mass is 9.48. The summed E-state index contributed by atoms with van der Waals surface area (Å²) in [5.41, 5.74) is 0.0112. The number of rotatable bonds is 1. The molecule has 4 nitrogen and oxygen atoms in total. The molecule has 0 saturated heterocycles. The Bertz CT molecular complexity index is 585. The Morgan fingerprint density at radius 1 is 1.17 bits per heavy atom. The third kappa shape index (κ3) is 1.96. The molecule has 4 heteroatoms. The first-order valence-corrected chi connectivity index (χ1v) is 9.09. The predicted octanol–water partition coefficient (Wildman–Crippen LogP) is 2.98. The Morgan fingerprint density at radius 3 is 2.70 bits per heavy atom. The van der Waals surface area contributed by atoms with Crippen molar-refractivity contribution in [3.05, 3.63) is 12.2 Å². The maximum atomic E-state index is 11.7. The Hall–Kier alpha value is -1.32. The SMILES string of the molecule is C[C@]12C=CC(=O)N[C@@H]1CC[C@@H]1[C@@H]2CC[C@]2(C)C(C(=O)O)CC[C@@H]12. The minimum Gasteiger partial charge on any atom is -0.481 e. The van der Waals surface area contributed by atoms with Crippen LogP contribution in [0.3, 0.4) is 0 Å². The Labute approximate surface area is 137 Å². The first kappa shape index (κ1) is 15.2. The molecule has 0 aromatic carbocycles. The largest absolute Gasteiger partial charge is 0.481 e. The van der Waals surface area contributed by atoms with Gasteiger partial charge in [0.2, 0.25) is 5.91 Å². The molecule has 3 aliphatic carbocycles. The van der Waals surface area contributed by atoms with E-state index in [4.69, 9.17) is 0 Å². The van der Waals surface area contributed by atoms with Gasteiger partial charge in [0.25, 0.3) is 0 Å². The number of carboxylic acids is 1. The van der Waals surface area contributed by atoms with Crippen LogP contribution in [0.4, 0.5) is 0 Å². The van der Waals surface area contributed by atoms with Crippen molar-refractivity contribution in [1.29, 1.82) is 0 Å². The summed E-state index contributed by atoms with van der Waals surface area (Å²) in [6.07, 6.45) is 10.0. The van der Waals surface area contributed by atoms with Crippen LogP contribution in [0.5, 0.6) is 0 Å². The topological polar surface area (TPSA) is 66.4 Å². The van der Waals surface area contributed by atoms with E-state index >= 15 is 0 Å². The van der Waals surface area contributed by atoms with Crippen molar-refractivity contribution in [2.45, 2.75) is 58.4 Å². The first-order valence-electron chi connectivity index (χ1n) is 9.09. The van der Waals surface area contributed by atoms with E-state index in [2.05, 4.69) is 25.2 Å². The van der Waals surface area contributed by atoms with E-state index in [0.29, 0.717) is 17.8 Å². The maximum absolute atomic E-state index is 11.7. The van der Waals surface area contributed by atoms with Crippen LogP contribution in [-0.2, 0) is 9.59 Å². The van der Waals surface area contributed by atoms with Gasteiger partial charge in [-0.1, -0.05) is 19.9 Å². The predicted molar refractivity (Wildman–Crippen MR) is 86.6 cm³/mol. The van der Waals surface area contributed by atoms with E-state index in [1.54, 1.807) is 6.08 Å². The average molecular weight is 317 g/mol. The number of amides is 1. The molecule has 2 N–H and O–H groups in total. The number of nitrogens with one attached hydrogen (secondary N) is 1. The molecular formula is C19H27NO3. The van der Waals surface area contributed by atoms with E-state index in [9.17, 15) is 14.7 Å². The number of carbonyl (C=O) groups is 2. The van der Waals surface area contributed by atoms with E-state index in [0.717, 1.165) is 38.5 Å². The number of carboxylic acid groups (broad SMARTS) is 1. The fourth-order valence-corrected chi connectivity index (χ4v) is 6.74. The quantitative estimate of drug-likeness (QED) is 0.781. The molecule has 23 heavy (non-hydrogen) atoms. The van der Waals surface area contributed by atoms with Crippen LogP contribution < -0.4 is 5.32 Å². The van der Waals surface area contributed by atoms with Gasteiger partial charge in [0.05, 0.1) is 5.92 Å². The van der Waals surface area contributed by atoms with Crippen LogP contribution in [0.1, 0.15) is 52.4 Å². The zero-order valence-corrected chi connectivity index (χ0v) is 14.0. The highest BCUT2D eigenvalue weighted by Crippen LogP contribution is 2.64. The second-order valence-corrected chi connectivity index (χ2v) is 8.73. The molecule has 0 radical (unpaired) electrons. The van der Waals surface area contributed by atoms with E-state index in [1.165, 1.54) is 0 Å². The Balaban J connectivity index is 1.66. The van der Waals surface area contributed by atoms with Crippen molar-refractivity contribution in [2.75, 3.05) is 0 Å². The van der Waals surface area contributed by atoms with Crippen LogP contribution in [0.25, 0.3) is 0 Å². The van der Waals surface area contributed by atoms with Crippen molar-refractivity contribution in [1.82, 2.24) is 5.32 Å². The van der Waals surface area contributed by atoms with Gasteiger partial charge in [0, 0.05) is 11.5 Å². The summed E-state index contributed by atoms with van der Waals surface area (Å²) in [5, 5.41) is 12.8. The van der Waals surface area contributed by atoms with Crippen LogP contribution >= 0.6 is 0 Å². The Morgan fingerprint density at radius 2 is 1.96 bits per heavy atom. The highest BCUT2D eigenvalue weighted by molar-refractivity contribution is 5.89. The second-order valence-electron chi connectivity index (χ2n) is 8.73. The fraction of sp³-hybridized carbons (Fsp3) is 0.789. The first-order chi connectivity index (χ1) is 10.9. The lowest BCUT2D eigenvalue weighted by Gasteiger charge is -2.58. The second kappa shape index (κ2) is 4.84. The van der Waals surface area contributed by atoms with Gasteiger partial charge in [-0.15, -0.1) is 0 Å². The summed E-state index contributed by atoms with van der Waals surface area (Å²) in [6, 6.07) is 0.252. The van der Waals surface area contributed by atoms with Crippen molar-refractivity contribution in [3.8, 4) is 0 Å². The maximum Gasteiger partial charge on any atom is 0.307 e. The number of hydrogen-bond donors (Lipinski definition) is 2. The highest BCUT2D eigenvalue weighted by atomic mass is 16.4. The summed E-state index contributed by atoms with van der Waals surface area (Å²) in [5.74, 6) is 0.992. The average Bonchev–Trinajstić information content (AvgIpc) is 2.85. The molecule has 7 atom stereocenters. The molecule has 0 spiro atoms. The molecule has 1 unspecified atom stereocenters. The summed E-state index contributed by atoms with van der Waals surface area (Å²) in [7, 11) is 0. The summed E-state index contributed by atoms with van der Waals surface area (Å²) in [6.45, 7) is 4.53. The third-order valence-electron chi connectivity index (χ3n) is 7.98. The number of fused-ring (bicyclic) bond motifs is 5. The van der Waals surface area contributed by atoms with Gasteiger partial charge >= 0.3 is 5.97 Å². The molecule has 0 aromatic rings. The van der Waals surface area contributed by atoms with Gasteiger partial charge in [-0.25, -0.2) is 0 Å². The zero-order valence-electron chi connectivity index (χ0n) is 14.0. The van der Waals surface area contributed by atoms with Gasteiger partial charge in [0.1, 0.15) is 0 Å². The summed E-state index contributed by atoms with van der Waals surface area (Å²) < 4.78 is 0. The molecule has 0 aromatic heterocycles. The van der Waals surface area contributed by atoms with Crippen molar-refractivity contribution >= 4 is 11.9 Å². The highest BCUT2D eigenvalue weighted by Gasteiger charge is 2.60. The van der Waals surface area contributed by atoms with Crippen molar-refractivity contribution in [2.24, 2.45) is 34.5 Å². The van der Waals surface area contributed by atoms with Crippen LogP contribution in [0.2, 0.25) is 0 Å². The molecule has 1 aliphatic heterocycles. The van der Waals surface area contributed by atoms with E-state index in [1.807, 2.05) is 0 Å². The molecule has 3 fully saturated rings. The standard InChI is InChI=1S/C19H27NO3/c1-18-9-7-13-11(12(18)4-5-14(18)17(22)23)3-6-15-19(13,2)10-8-16(21)20-15/h8,10-15H,3-7,9H2,1-2H3,(H,20,21)(H,22,23)/t11-,12-,13-,14?,15+,18-,19+/m0/s1. The Kier molecular flexibility index (Phi) is 3.20. The lowest BCUT2D eigenvalue weighted by Crippen LogP contribution is -2.59. The zero-order chi connectivity index (χ0) is 16.4. The number of hydrogen-bond acceptors (Lipinski definition) is 2. The minimum atomic E-state index is -0.599. The number of aliphatic carboxylic acids is 1. The third-order valence-corrected chi connectivity index (χ3v) is 7.98. The molecule has 3 saturated carbocycles. The minimum absolute atomic E-state index is 0.0299. The molecular weight excluding hydrogens is 290 g/mol. The smallest absolute Gasteiger partial charge is 0.307 e. The molecule has 4 rings (SSSR count). The van der Waals surface area contributed by atoms with Gasteiger partial charge in [-0.05, 0) is 67.8 Å². The molecule has 4 aliphatic rings.